The van der Waals surface area contributed by atoms with Crippen molar-refractivity contribution in [2.24, 2.45) is 17.8 Å². The van der Waals surface area contributed by atoms with Crippen LogP contribution in [0.25, 0.3) is 0 Å². The van der Waals surface area contributed by atoms with Crippen molar-refractivity contribution in [2.75, 3.05) is 33.8 Å². The number of cyclic esters (lactones) is 1. The van der Waals surface area contributed by atoms with E-state index in [-0.39, 0.29) is 31.7 Å². The van der Waals surface area contributed by atoms with E-state index in [1.807, 2.05) is 20.8 Å². The summed E-state index contributed by atoms with van der Waals surface area (Å²) in [7, 11) is -1.13. The lowest BCUT2D eigenvalue weighted by Crippen LogP contribution is -2.70. The van der Waals surface area contributed by atoms with Gasteiger partial charge in [0.15, 0.2) is 12.6 Å². The van der Waals surface area contributed by atoms with Crippen LogP contribution in [0.4, 0.5) is 0 Å². The third kappa shape index (κ3) is 10.2. The van der Waals surface area contributed by atoms with Gasteiger partial charge in [-0.25, -0.2) is 4.18 Å². The van der Waals surface area contributed by atoms with Crippen LogP contribution in [0.3, 0.4) is 0 Å². The molecule has 18 atom stereocenters. The molecule has 4 aliphatic heterocycles. The van der Waals surface area contributed by atoms with Crippen LogP contribution in [-0.2, 0) is 47.7 Å². The number of carbonyl (C=O) groups is 1. The quantitative estimate of drug-likeness (QED) is 0.136. The van der Waals surface area contributed by atoms with Gasteiger partial charge in [0.05, 0.1) is 42.0 Å². The number of aliphatic hydroxyl groups excluding tert-OH is 1. The van der Waals surface area contributed by atoms with E-state index in [0.717, 1.165) is 6.42 Å². The molecule has 0 aromatic carbocycles. The van der Waals surface area contributed by atoms with Crippen LogP contribution in [0.15, 0.2) is 0 Å². The molecular formula is C40H75N3O14S. The molecule has 0 aromatic rings. The molecule has 0 aromatic heterocycles. The maximum absolute atomic E-state index is 14.4. The third-order valence-corrected chi connectivity index (χ3v) is 14.8. The number of hydrogen-bond acceptors (Lipinski definition) is 16. The summed E-state index contributed by atoms with van der Waals surface area (Å²) in [5, 5.41) is 54.3. The molecule has 4 fully saturated rings. The largest absolute Gasteiger partial charge is 0.459 e. The fourth-order valence-electron chi connectivity index (χ4n) is 9.52. The van der Waals surface area contributed by atoms with E-state index in [4.69, 9.17) is 32.6 Å². The lowest BCUT2D eigenvalue weighted by atomic mass is 9.75. The zero-order valence-electron chi connectivity index (χ0n) is 37.0. The number of likely N-dealkylation sites (N-methyl/N-ethyl adjacent to an activating group) is 1. The molecule has 58 heavy (non-hydrogen) atoms. The van der Waals surface area contributed by atoms with Crippen LogP contribution in [0.5, 0.6) is 0 Å². The summed E-state index contributed by atoms with van der Waals surface area (Å²) in [6, 6.07) is -1.23. The molecule has 0 saturated carbocycles. The van der Waals surface area contributed by atoms with Gasteiger partial charge in [-0.1, -0.05) is 27.7 Å². The molecule has 17 nitrogen and oxygen atoms in total. The minimum absolute atomic E-state index is 0.0508. The SMILES string of the molecule is CCCNC[C@]1(O)[C@H](C)O[C@@H](O[C@H]2[C@H](C)[C@@H](O[C@@H]3O[C@H](C)C[C@H]4[C@H]3OS(=O)(=O)N4C)[C@](C)(O)C[C@@H](C)CN[C@H](C)[C@@H](O)[C@](C)(O)[C@@H](CC)OC(=O)[C@@H]2C)C[C@@]1(C)OC. The van der Waals surface area contributed by atoms with Gasteiger partial charge < -0.3 is 59.5 Å². The van der Waals surface area contributed by atoms with Gasteiger partial charge in [-0.3, -0.25) is 4.79 Å². The lowest BCUT2D eigenvalue weighted by molar-refractivity contribution is -0.335. The summed E-state index contributed by atoms with van der Waals surface area (Å²) in [6.45, 7) is 20.4. The summed E-state index contributed by atoms with van der Waals surface area (Å²) < 4.78 is 70.9. The standard InChI is InChI=1S/C40H75N3O14S/c1-14-16-41-21-40(48)27(8)53-30(19-38(40,10)51-13)55-31-24(5)34(56-36-32-28(17-23(4)52-36)43(12)58(49,50)57-32)37(9,46)18-22(3)20-42-26(7)33(44)39(11,47)29(15-2)54-35(45)25(31)6/h22-34,36,41-42,44,46-48H,14-21H2,1-13H3/t22-,23-,24+,25-,26-,27+,28+,29-,30+,31+,32-,33-,34-,36+,37-,38-,39-,40+/m1/s1. The van der Waals surface area contributed by atoms with E-state index in [1.165, 1.54) is 25.4 Å². The Kier molecular flexibility index (Phi) is 16.3. The number of rotatable bonds is 10. The van der Waals surface area contributed by atoms with Gasteiger partial charge in [-0.05, 0) is 93.2 Å². The number of ether oxygens (including phenoxy) is 6. The molecule has 0 spiro atoms. The second-order valence-electron chi connectivity index (χ2n) is 18.3. The predicted octanol–water partition coefficient (Wildman–Crippen LogP) is 1.58. The van der Waals surface area contributed by atoms with Crippen LogP contribution in [0.2, 0.25) is 0 Å². The molecule has 0 bridgehead atoms. The Morgan fingerprint density at radius 1 is 1.00 bits per heavy atom. The van der Waals surface area contributed by atoms with Crippen molar-refractivity contribution in [1.29, 1.82) is 0 Å². The maximum atomic E-state index is 14.4. The molecule has 4 aliphatic rings. The number of nitrogens with zero attached hydrogens (tertiary/aromatic N) is 1. The highest BCUT2D eigenvalue weighted by Crippen LogP contribution is 2.44. The number of aliphatic hydroxyl groups is 4. The maximum Gasteiger partial charge on any atom is 0.338 e. The Labute approximate surface area is 346 Å². The molecular weight excluding hydrogens is 779 g/mol. The fourth-order valence-corrected chi connectivity index (χ4v) is 10.7. The topological polar surface area (TPSA) is 224 Å². The van der Waals surface area contributed by atoms with E-state index in [1.54, 1.807) is 48.5 Å². The minimum atomic E-state index is -4.09. The second kappa shape index (κ2) is 19.1. The Bertz CT molecular complexity index is 1470. The average Bonchev–Trinajstić information content (AvgIpc) is 3.38. The van der Waals surface area contributed by atoms with E-state index >= 15 is 0 Å². The highest BCUT2D eigenvalue weighted by Gasteiger charge is 2.59. The fraction of sp³-hybridized carbons (Fsp3) is 0.975. The van der Waals surface area contributed by atoms with E-state index in [9.17, 15) is 33.6 Å². The number of hydrogen-bond donors (Lipinski definition) is 6. The number of carbonyl (C=O) groups excluding carboxylic acids is 1. The zero-order chi connectivity index (χ0) is 43.8. The molecule has 4 heterocycles. The smallest absolute Gasteiger partial charge is 0.338 e. The monoisotopic (exact) mass is 853 g/mol. The zero-order valence-corrected chi connectivity index (χ0v) is 37.8. The number of nitrogens with one attached hydrogen (secondary N) is 2. The summed E-state index contributed by atoms with van der Waals surface area (Å²) in [6.07, 6.45) is -7.73. The van der Waals surface area contributed by atoms with Crippen molar-refractivity contribution in [3.8, 4) is 0 Å². The highest BCUT2D eigenvalue weighted by atomic mass is 32.2. The molecule has 0 aliphatic carbocycles. The Morgan fingerprint density at radius 3 is 2.26 bits per heavy atom. The van der Waals surface area contributed by atoms with Crippen LogP contribution < -0.4 is 10.6 Å². The number of methoxy groups -OCH3 is 1. The molecule has 4 rings (SSSR count). The Hall–Kier alpha value is -1.10. The first-order valence-electron chi connectivity index (χ1n) is 21.1. The van der Waals surface area contributed by atoms with Gasteiger partial charge in [0.25, 0.3) is 0 Å². The van der Waals surface area contributed by atoms with Crippen LogP contribution in [0.1, 0.15) is 108 Å². The molecule has 6 N–H and O–H groups in total. The van der Waals surface area contributed by atoms with Crippen molar-refractivity contribution in [3.05, 3.63) is 0 Å². The van der Waals surface area contributed by atoms with Crippen LogP contribution in [0, 0.1) is 17.8 Å². The average molecular weight is 854 g/mol. The first-order valence-corrected chi connectivity index (χ1v) is 22.5. The highest BCUT2D eigenvalue weighted by molar-refractivity contribution is 7.84. The van der Waals surface area contributed by atoms with Crippen LogP contribution >= 0.6 is 0 Å². The number of fused-ring (bicyclic) bond motifs is 1. The third-order valence-electron chi connectivity index (χ3n) is 13.4. The molecule has 18 heteroatoms. The predicted molar refractivity (Wildman–Crippen MR) is 214 cm³/mol. The van der Waals surface area contributed by atoms with Crippen molar-refractivity contribution in [2.45, 2.75) is 198 Å². The first kappa shape index (κ1) is 49.6. The molecule has 340 valence electrons. The van der Waals surface area contributed by atoms with Gasteiger partial charge in [0.2, 0.25) is 0 Å². The molecule has 0 amide bonds. The van der Waals surface area contributed by atoms with E-state index in [0.29, 0.717) is 19.5 Å². The Balaban J connectivity index is 1.82. The van der Waals surface area contributed by atoms with Crippen molar-refractivity contribution in [1.82, 2.24) is 14.9 Å². The summed E-state index contributed by atoms with van der Waals surface area (Å²) in [5.74, 6) is -2.93. The van der Waals surface area contributed by atoms with Crippen molar-refractivity contribution in [3.63, 3.8) is 0 Å². The van der Waals surface area contributed by atoms with Gasteiger partial charge in [-0.15, -0.1) is 0 Å². The molecule has 0 unspecified atom stereocenters. The second-order valence-corrected chi connectivity index (χ2v) is 19.9. The first-order chi connectivity index (χ1) is 26.8. The lowest BCUT2D eigenvalue weighted by Gasteiger charge is -2.53. The van der Waals surface area contributed by atoms with Crippen molar-refractivity contribution >= 4 is 16.3 Å². The summed E-state index contributed by atoms with van der Waals surface area (Å²) in [5.41, 5.74) is -6.16. The Morgan fingerprint density at radius 2 is 1.66 bits per heavy atom. The van der Waals surface area contributed by atoms with Gasteiger partial charge in [0, 0.05) is 39.1 Å². The van der Waals surface area contributed by atoms with E-state index < -0.39 is 118 Å². The van der Waals surface area contributed by atoms with Crippen molar-refractivity contribution < 1.29 is 66.2 Å². The summed E-state index contributed by atoms with van der Waals surface area (Å²) in [4.78, 5) is 14.4. The minimum Gasteiger partial charge on any atom is -0.459 e. The van der Waals surface area contributed by atoms with Crippen LogP contribution in [-0.4, -0.2) is 163 Å². The molecule has 4 saturated heterocycles. The normalized spacial score (nSPS) is 48.7. The molecule has 0 radical (unpaired) electrons. The summed E-state index contributed by atoms with van der Waals surface area (Å²) >= 11 is 0. The number of esters is 1. The van der Waals surface area contributed by atoms with Gasteiger partial charge in [-0.2, -0.15) is 12.7 Å². The van der Waals surface area contributed by atoms with Gasteiger partial charge >= 0.3 is 16.3 Å². The van der Waals surface area contributed by atoms with E-state index in [2.05, 4.69) is 10.6 Å². The van der Waals surface area contributed by atoms with Gasteiger partial charge in [0.1, 0.15) is 35.1 Å².